The lowest BCUT2D eigenvalue weighted by atomic mass is 10.2. The number of hydrogen-bond donors (Lipinski definition) is 2. The molecule has 2 aromatic carbocycles. The molecule has 0 radical (unpaired) electrons. The van der Waals surface area contributed by atoms with E-state index in [4.69, 9.17) is 28.9 Å². The first-order valence-corrected chi connectivity index (χ1v) is 5.90. The Balaban J connectivity index is 2.35. The van der Waals surface area contributed by atoms with Crippen LogP contribution in [0.1, 0.15) is 5.56 Å². The lowest BCUT2D eigenvalue weighted by Crippen LogP contribution is -1.95. The summed E-state index contributed by atoms with van der Waals surface area (Å²) < 4.78 is 0. The molecule has 88 valence electrons. The van der Waals surface area contributed by atoms with Gasteiger partial charge in [0.05, 0.1) is 10.7 Å². The van der Waals surface area contributed by atoms with E-state index in [9.17, 15) is 0 Å². The quantitative estimate of drug-likeness (QED) is 0.778. The average Bonchev–Trinajstić information content (AvgIpc) is 2.28. The van der Waals surface area contributed by atoms with E-state index in [0.717, 1.165) is 22.0 Å². The van der Waals surface area contributed by atoms with E-state index in [1.807, 2.05) is 31.2 Å². The molecule has 3 N–H and O–H groups in total. The zero-order valence-corrected chi connectivity index (χ0v) is 10.8. The van der Waals surface area contributed by atoms with Crippen LogP contribution < -0.4 is 11.1 Å². The summed E-state index contributed by atoms with van der Waals surface area (Å²) in [5.41, 5.74) is 9.02. The van der Waals surface area contributed by atoms with Gasteiger partial charge in [0.15, 0.2) is 0 Å². The van der Waals surface area contributed by atoms with E-state index in [2.05, 4.69) is 5.32 Å². The van der Waals surface area contributed by atoms with Gasteiger partial charge in [0.2, 0.25) is 0 Å². The van der Waals surface area contributed by atoms with E-state index >= 15 is 0 Å². The van der Waals surface area contributed by atoms with Crippen molar-refractivity contribution in [2.75, 3.05) is 11.1 Å². The molecule has 0 bridgehead atoms. The van der Waals surface area contributed by atoms with E-state index in [1.54, 1.807) is 12.1 Å². The predicted molar refractivity (Wildman–Crippen MR) is 75.3 cm³/mol. The van der Waals surface area contributed by atoms with Crippen molar-refractivity contribution in [3.63, 3.8) is 0 Å². The minimum atomic E-state index is 0.587. The van der Waals surface area contributed by atoms with Crippen LogP contribution in [-0.2, 0) is 0 Å². The van der Waals surface area contributed by atoms with Gasteiger partial charge in [-0.05, 0) is 42.8 Å². The van der Waals surface area contributed by atoms with Crippen LogP contribution in [0.3, 0.4) is 0 Å². The van der Waals surface area contributed by atoms with E-state index in [-0.39, 0.29) is 0 Å². The number of benzene rings is 2. The lowest BCUT2D eigenvalue weighted by Gasteiger charge is -2.12. The van der Waals surface area contributed by atoms with Gasteiger partial charge in [-0.15, -0.1) is 0 Å². The van der Waals surface area contributed by atoms with E-state index in [1.165, 1.54) is 0 Å². The molecule has 0 amide bonds. The van der Waals surface area contributed by atoms with Crippen molar-refractivity contribution in [2.24, 2.45) is 0 Å². The first-order valence-electron chi connectivity index (χ1n) is 5.15. The molecular formula is C13H12Cl2N2. The monoisotopic (exact) mass is 266 g/mol. The summed E-state index contributed by atoms with van der Waals surface area (Å²) in [5, 5.41) is 4.55. The van der Waals surface area contributed by atoms with Crippen molar-refractivity contribution in [1.82, 2.24) is 0 Å². The van der Waals surface area contributed by atoms with Crippen LogP contribution in [0.5, 0.6) is 0 Å². The van der Waals surface area contributed by atoms with Crippen molar-refractivity contribution >= 4 is 40.3 Å². The molecule has 4 heteroatoms. The second kappa shape index (κ2) is 4.86. The van der Waals surface area contributed by atoms with Gasteiger partial charge in [-0.3, -0.25) is 0 Å². The summed E-state index contributed by atoms with van der Waals surface area (Å²) in [6.45, 7) is 1.95. The largest absolute Gasteiger partial charge is 0.399 e. The van der Waals surface area contributed by atoms with Gasteiger partial charge >= 0.3 is 0 Å². The van der Waals surface area contributed by atoms with Gasteiger partial charge in [0.1, 0.15) is 0 Å². The fraction of sp³-hybridized carbons (Fsp3) is 0.0769. The first kappa shape index (κ1) is 12.1. The number of nitrogen functional groups attached to an aromatic ring is 1. The van der Waals surface area contributed by atoms with Gasteiger partial charge in [-0.1, -0.05) is 29.3 Å². The number of hydrogen-bond acceptors (Lipinski definition) is 2. The van der Waals surface area contributed by atoms with Crippen LogP contribution in [0.4, 0.5) is 17.1 Å². The molecule has 0 aliphatic carbocycles. The third-order valence-corrected chi connectivity index (χ3v) is 3.25. The molecule has 17 heavy (non-hydrogen) atoms. The number of rotatable bonds is 2. The average molecular weight is 267 g/mol. The lowest BCUT2D eigenvalue weighted by molar-refractivity contribution is 1.43. The first-order chi connectivity index (χ1) is 8.08. The zero-order chi connectivity index (χ0) is 12.4. The van der Waals surface area contributed by atoms with Gasteiger partial charge in [0.25, 0.3) is 0 Å². The molecule has 0 heterocycles. The molecule has 2 rings (SSSR count). The highest BCUT2D eigenvalue weighted by molar-refractivity contribution is 6.33. The number of nitrogens with two attached hydrogens (primary N) is 1. The molecular weight excluding hydrogens is 255 g/mol. The van der Waals surface area contributed by atoms with Crippen molar-refractivity contribution in [1.29, 1.82) is 0 Å². The van der Waals surface area contributed by atoms with Gasteiger partial charge in [0, 0.05) is 16.4 Å². The third kappa shape index (κ3) is 2.65. The van der Waals surface area contributed by atoms with Crippen molar-refractivity contribution in [3.8, 4) is 0 Å². The van der Waals surface area contributed by atoms with Crippen LogP contribution in [-0.4, -0.2) is 0 Å². The minimum Gasteiger partial charge on any atom is -0.399 e. The van der Waals surface area contributed by atoms with Crippen LogP contribution in [0, 0.1) is 6.92 Å². The Hall–Kier alpha value is -1.38. The van der Waals surface area contributed by atoms with Crippen molar-refractivity contribution < 1.29 is 0 Å². The summed E-state index contributed by atoms with van der Waals surface area (Å²) in [6.07, 6.45) is 0. The Morgan fingerprint density at radius 2 is 1.76 bits per heavy atom. The Morgan fingerprint density at radius 1 is 1.00 bits per heavy atom. The topological polar surface area (TPSA) is 38.0 Å². The smallest absolute Gasteiger partial charge is 0.0661 e. The molecule has 0 aliphatic heterocycles. The molecule has 0 spiro atoms. The molecule has 0 saturated heterocycles. The number of anilines is 3. The van der Waals surface area contributed by atoms with Gasteiger partial charge in [-0.2, -0.15) is 0 Å². The van der Waals surface area contributed by atoms with Crippen molar-refractivity contribution in [2.45, 2.75) is 6.92 Å². The Labute approximate surface area is 110 Å². The van der Waals surface area contributed by atoms with Crippen LogP contribution in [0.15, 0.2) is 36.4 Å². The fourth-order valence-corrected chi connectivity index (χ4v) is 1.93. The molecule has 0 unspecified atom stereocenters. The number of halogens is 2. The van der Waals surface area contributed by atoms with Crippen molar-refractivity contribution in [3.05, 3.63) is 52.0 Å². The van der Waals surface area contributed by atoms with Gasteiger partial charge < -0.3 is 11.1 Å². The summed E-state index contributed by atoms with van der Waals surface area (Å²) >= 11 is 12.1. The summed E-state index contributed by atoms with van der Waals surface area (Å²) in [6, 6.07) is 11.1. The summed E-state index contributed by atoms with van der Waals surface area (Å²) in [5.74, 6) is 0. The molecule has 2 nitrogen and oxygen atoms in total. The number of nitrogens with one attached hydrogen (secondary N) is 1. The SMILES string of the molecule is Cc1c(Cl)cccc1Nc1ccc(N)cc1Cl. The van der Waals surface area contributed by atoms with Gasteiger partial charge in [-0.25, -0.2) is 0 Å². The normalized spacial score (nSPS) is 10.3. The maximum atomic E-state index is 6.10. The molecule has 0 fully saturated rings. The maximum Gasteiger partial charge on any atom is 0.0661 e. The maximum absolute atomic E-state index is 6.10. The van der Waals surface area contributed by atoms with Crippen LogP contribution >= 0.6 is 23.2 Å². The second-order valence-corrected chi connectivity index (χ2v) is 4.59. The summed E-state index contributed by atoms with van der Waals surface area (Å²) in [4.78, 5) is 0. The Morgan fingerprint density at radius 3 is 2.47 bits per heavy atom. The molecule has 0 saturated carbocycles. The predicted octanol–water partition coefficient (Wildman–Crippen LogP) is 4.63. The zero-order valence-electron chi connectivity index (χ0n) is 9.30. The second-order valence-electron chi connectivity index (χ2n) is 3.78. The van der Waals surface area contributed by atoms with Crippen LogP contribution in [0.25, 0.3) is 0 Å². The Kier molecular flexibility index (Phi) is 3.46. The standard InChI is InChI=1S/C13H12Cl2N2/c1-8-10(14)3-2-4-12(8)17-13-6-5-9(16)7-11(13)15/h2-7,17H,16H2,1H3. The van der Waals surface area contributed by atoms with Crippen LogP contribution in [0.2, 0.25) is 10.0 Å². The molecule has 0 aromatic heterocycles. The molecule has 0 aliphatic rings. The molecule has 2 aromatic rings. The molecule has 0 atom stereocenters. The Bertz CT molecular complexity index is 553. The summed E-state index contributed by atoms with van der Waals surface area (Å²) in [7, 11) is 0. The highest BCUT2D eigenvalue weighted by Crippen LogP contribution is 2.30. The minimum absolute atomic E-state index is 0.587. The third-order valence-electron chi connectivity index (χ3n) is 2.53. The fourth-order valence-electron chi connectivity index (χ4n) is 1.52. The van der Waals surface area contributed by atoms with E-state index in [0.29, 0.717) is 10.7 Å². The highest BCUT2D eigenvalue weighted by atomic mass is 35.5. The highest BCUT2D eigenvalue weighted by Gasteiger charge is 2.05. The van der Waals surface area contributed by atoms with E-state index < -0.39 is 0 Å².